The molecule has 2 amide bonds. The quantitative estimate of drug-likeness (QED) is 0.862. The molecule has 7 heteroatoms. The van der Waals surface area contributed by atoms with E-state index in [1.807, 2.05) is 17.5 Å². The van der Waals surface area contributed by atoms with E-state index in [1.165, 1.54) is 17.8 Å². The van der Waals surface area contributed by atoms with E-state index in [9.17, 15) is 9.59 Å². The molecule has 1 saturated heterocycles. The van der Waals surface area contributed by atoms with Crippen molar-refractivity contribution < 1.29 is 9.59 Å². The summed E-state index contributed by atoms with van der Waals surface area (Å²) in [7, 11) is 0. The maximum atomic E-state index is 12.5. The zero-order valence-electron chi connectivity index (χ0n) is 14.2. The molecule has 2 N–H and O–H groups in total. The van der Waals surface area contributed by atoms with E-state index in [2.05, 4.69) is 20.5 Å². The first-order valence-corrected chi connectivity index (χ1v) is 9.38. The summed E-state index contributed by atoms with van der Waals surface area (Å²) in [6.45, 7) is 3.58. The Hall–Kier alpha value is -2.41. The van der Waals surface area contributed by atoms with Crippen molar-refractivity contribution in [3.8, 4) is 0 Å². The molecule has 2 aromatic heterocycles. The fourth-order valence-corrected chi connectivity index (χ4v) is 3.46. The van der Waals surface area contributed by atoms with Crippen molar-refractivity contribution in [2.75, 3.05) is 23.3 Å². The van der Waals surface area contributed by atoms with E-state index in [0.717, 1.165) is 31.7 Å². The molecule has 25 heavy (non-hydrogen) atoms. The molecule has 2 aromatic rings. The van der Waals surface area contributed by atoms with Gasteiger partial charge in [-0.05, 0) is 49.8 Å². The zero-order chi connectivity index (χ0) is 17.6. The molecule has 1 aliphatic rings. The SMILES string of the molecule is CC(NC(=O)c1cccs1)C(=O)Nc1cccnc1N1CCCCC1. The summed E-state index contributed by atoms with van der Waals surface area (Å²) in [6.07, 6.45) is 5.24. The van der Waals surface area contributed by atoms with Gasteiger partial charge < -0.3 is 15.5 Å². The molecule has 0 radical (unpaired) electrons. The highest BCUT2D eigenvalue weighted by atomic mass is 32.1. The molecular formula is C18H22N4O2S. The van der Waals surface area contributed by atoms with Crippen molar-refractivity contribution in [3.05, 3.63) is 40.7 Å². The summed E-state index contributed by atoms with van der Waals surface area (Å²) in [5.41, 5.74) is 0.687. The Morgan fingerprint density at radius 2 is 2.00 bits per heavy atom. The Kier molecular flexibility index (Phi) is 5.65. The maximum absolute atomic E-state index is 12.5. The van der Waals surface area contributed by atoms with Gasteiger partial charge in [-0.2, -0.15) is 0 Å². The lowest BCUT2D eigenvalue weighted by Gasteiger charge is -2.29. The number of nitrogens with one attached hydrogen (secondary N) is 2. The minimum Gasteiger partial charge on any atom is -0.355 e. The number of pyridine rings is 1. The van der Waals surface area contributed by atoms with Gasteiger partial charge in [-0.25, -0.2) is 4.98 Å². The number of hydrogen-bond donors (Lipinski definition) is 2. The van der Waals surface area contributed by atoms with Gasteiger partial charge in [0.1, 0.15) is 6.04 Å². The standard InChI is InChI=1S/C18H22N4O2S/c1-13(20-18(24)15-8-6-12-25-15)17(23)21-14-7-5-9-19-16(14)22-10-3-2-4-11-22/h5-9,12-13H,2-4,10-11H2,1H3,(H,20,24)(H,21,23). The van der Waals surface area contributed by atoms with E-state index < -0.39 is 6.04 Å². The van der Waals surface area contributed by atoms with Crippen molar-refractivity contribution >= 4 is 34.7 Å². The van der Waals surface area contributed by atoms with Gasteiger partial charge in [0.25, 0.3) is 5.91 Å². The molecule has 0 saturated carbocycles. The van der Waals surface area contributed by atoms with Crippen LogP contribution in [0.1, 0.15) is 35.9 Å². The number of anilines is 2. The lowest BCUT2D eigenvalue weighted by Crippen LogP contribution is -2.41. The first-order chi connectivity index (χ1) is 12.1. The molecule has 132 valence electrons. The smallest absolute Gasteiger partial charge is 0.261 e. The van der Waals surface area contributed by atoms with Gasteiger partial charge in [-0.1, -0.05) is 6.07 Å². The third-order valence-electron chi connectivity index (χ3n) is 4.19. The van der Waals surface area contributed by atoms with Crippen LogP contribution in [0.2, 0.25) is 0 Å². The Bertz CT molecular complexity index is 726. The normalized spacial score (nSPS) is 15.5. The highest BCUT2D eigenvalue weighted by Gasteiger charge is 2.21. The largest absolute Gasteiger partial charge is 0.355 e. The van der Waals surface area contributed by atoms with E-state index in [4.69, 9.17) is 0 Å². The number of nitrogens with zero attached hydrogens (tertiary/aromatic N) is 2. The average Bonchev–Trinajstić information content (AvgIpc) is 3.17. The predicted molar refractivity (Wildman–Crippen MR) is 100 cm³/mol. The van der Waals surface area contributed by atoms with Crippen molar-refractivity contribution in [1.82, 2.24) is 10.3 Å². The van der Waals surface area contributed by atoms with Crippen LogP contribution in [0.4, 0.5) is 11.5 Å². The predicted octanol–water partition coefficient (Wildman–Crippen LogP) is 2.89. The Labute approximate surface area is 151 Å². The monoisotopic (exact) mass is 358 g/mol. The van der Waals surface area contributed by atoms with Gasteiger partial charge in [0.15, 0.2) is 5.82 Å². The topological polar surface area (TPSA) is 74.3 Å². The molecule has 1 atom stereocenters. The molecule has 3 heterocycles. The van der Waals surface area contributed by atoms with E-state index in [-0.39, 0.29) is 11.8 Å². The lowest BCUT2D eigenvalue weighted by molar-refractivity contribution is -0.117. The molecule has 0 aliphatic carbocycles. The van der Waals surface area contributed by atoms with Gasteiger partial charge in [-0.15, -0.1) is 11.3 Å². The highest BCUT2D eigenvalue weighted by Crippen LogP contribution is 2.25. The number of rotatable bonds is 5. The molecule has 1 unspecified atom stereocenters. The second kappa shape index (κ2) is 8.11. The number of carbonyl (C=O) groups excluding carboxylic acids is 2. The third-order valence-corrected chi connectivity index (χ3v) is 5.05. The molecule has 0 bridgehead atoms. The summed E-state index contributed by atoms with van der Waals surface area (Å²) in [5.74, 6) is 0.309. The average molecular weight is 358 g/mol. The number of aromatic nitrogens is 1. The number of carbonyl (C=O) groups is 2. The van der Waals surface area contributed by atoms with Crippen molar-refractivity contribution in [2.45, 2.75) is 32.2 Å². The fraction of sp³-hybridized carbons (Fsp3) is 0.389. The molecule has 3 rings (SSSR count). The first kappa shape index (κ1) is 17.4. The summed E-state index contributed by atoms with van der Waals surface area (Å²) in [6, 6.07) is 6.56. The summed E-state index contributed by atoms with van der Waals surface area (Å²) >= 11 is 1.35. The van der Waals surface area contributed by atoms with Crippen LogP contribution < -0.4 is 15.5 Å². The molecule has 0 spiro atoms. The number of hydrogen-bond acceptors (Lipinski definition) is 5. The van der Waals surface area contributed by atoms with Crippen LogP contribution in [0.15, 0.2) is 35.8 Å². The van der Waals surface area contributed by atoms with Crippen LogP contribution in [0.25, 0.3) is 0 Å². The maximum Gasteiger partial charge on any atom is 0.261 e. The van der Waals surface area contributed by atoms with Gasteiger partial charge in [0.05, 0.1) is 10.6 Å². The number of piperidine rings is 1. The zero-order valence-corrected chi connectivity index (χ0v) is 15.0. The summed E-state index contributed by atoms with van der Waals surface area (Å²) < 4.78 is 0. The molecule has 1 aliphatic heterocycles. The van der Waals surface area contributed by atoms with Crippen molar-refractivity contribution in [2.24, 2.45) is 0 Å². The second-order valence-corrected chi connectivity index (χ2v) is 7.03. The lowest BCUT2D eigenvalue weighted by atomic mass is 10.1. The van der Waals surface area contributed by atoms with E-state index in [0.29, 0.717) is 10.6 Å². The molecule has 0 aromatic carbocycles. The second-order valence-electron chi connectivity index (χ2n) is 6.08. The van der Waals surface area contributed by atoms with Gasteiger partial charge in [0, 0.05) is 19.3 Å². The van der Waals surface area contributed by atoms with Crippen LogP contribution in [0.3, 0.4) is 0 Å². The van der Waals surface area contributed by atoms with E-state index in [1.54, 1.807) is 25.3 Å². The van der Waals surface area contributed by atoms with Crippen molar-refractivity contribution in [3.63, 3.8) is 0 Å². The van der Waals surface area contributed by atoms with Crippen molar-refractivity contribution in [1.29, 1.82) is 0 Å². The van der Waals surface area contributed by atoms with Crippen LogP contribution in [-0.4, -0.2) is 35.9 Å². The fourth-order valence-electron chi connectivity index (χ4n) is 2.83. The summed E-state index contributed by atoms with van der Waals surface area (Å²) in [5, 5.41) is 7.46. The Morgan fingerprint density at radius 1 is 1.20 bits per heavy atom. The van der Waals surface area contributed by atoms with Gasteiger partial charge in [-0.3, -0.25) is 9.59 Å². The van der Waals surface area contributed by atoms with Gasteiger partial charge >= 0.3 is 0 Å². The van der Waals surface area contributed by atoms with Crippen LogP contribution in [0.5, 0.6) is 0 Å². The Balaban J connectivity index is 1.65. The first-order valence-electron chi connectivity index (χ1n) is 8.50. The summed E-state index contributed by atoms with van der Waals surface area (Å²) in [4.78, 5) is 31.8. The minimum absolute atomic E-state index is 0.236. The Morgan fingerprint density at radius 3 is 2.72 bits per heavy atom. The molecule has 6 nitrogen and oxygen atoms in total. The molecular weight excluding hydrogens is 336 g/mol. The van der Waals surface area contributed by atoms with Gasteiger partial charge in [0.2, 0.25) is 5.91 Å². The molecule has 1 fully saturated rings. The van der Waals surface area contributed by atoms with Crippen LogP contribution in [0, 0.1) is 0 Å². The highest BCUT2D eigenvalue weighted by molar-refractivity contribution is 7.12. The van der Waals surface area contributed by atoms with E-state index >= 15 is 0 Å². The number of thiophene rings is 1. The van der Waals surface area contributed by atoms with Crippen LogP contribution >= 0.6 is 11.3 Å². The minimum atomic E-state index is -0.635. The van der Waals surface area contributed by atoms with Crippen LogP contribution in [-0.2, 0) is 4.79 Å². The number of amides is 2. The third kappa shape index (κ3) is 4.36.